The van der Waals surface area contributed by atoms with Gasteiger partial charge in [0.2, 0.25) is 11.8 Å². The van der Waals surface area contributed by atoms with Crippen LogP contribution in [0.15, 0.2) is 66.1 Å². The quantitative estimate of drug-likeness (QED) is 0.775. The average molecular weight is 358 g/mol. The van der Waals surface area contributed by atoms with E-state index in [1.54, 1.807) is 11.8 Å². The number of rotatable bonds is 3. The molecule has 0 radical (unpaired) electrons. The predicted octanol–water partition coefficient (Wildman–Crippen LogP) is 3.41. The molecule has 0 bridgehead atoms. The predicted molar refractivity (Wildman–Crippen MR) is 101 cm³/mol. The lowest BCUT2D eigenvalue weighted by Gasteiger charge is -2.25. The van der Waals surface area contributed by atoms with Gasteiger partial charge in [0.25, 0.3) is 0 Å². The Balaban J connectivity index is 1.95. The molecular formula is C21H18N4O2. The Morgan fingerprint density at radius 1 is 1.19 bits per heavy atom. The first-order valence-corrected chi connectivity index (χ1v) is 8.50. The molecule has 2 heterocycles. The maximum Gasteiger partial charge on any atom is 0.229 e. The molecule has 0 fully saturated rings. The third-order valence-electron chi connectivity index (χ3n) is 4.66. The van der Waals surface area contributed by atoms with E-state index in [2.05, 4.69) is 11.2 Å². The number of nitrogens with zero attached hydrogens (tertiary/aromatic N) is 3. The summed E-state index contributed by atoms with van der Waals surface area (Å²) < 4.78 is 12.9. The standard InChI is InChI=1S/C21H18N4O2/c1-13-18-19(14-7-6-10-16(11-14)26-2)17(12-22)20(23)27-21(18)25(24-13)15-8-4-3-5-9-15/h3-11,19H,23H2,1-2H3/t19-/m1/s1. The first-order valence-electron chi connectivity index (χ1n) is 8.50. The summed E-state index contributed by atoms with van der Waals surface area (Å²) in [4.78, 5) is 0. The maximum atomic E-state index is 9.73. The Morgan fingerprint density at radius 2 is 1.96 bits per heavy atom. The summed E-state index contributed by atoms with van der Waals surface area (Å²) in [6.45, 7) is 1.91. The van der Waals surface area contributed by atoms with Crippen LogP contribution in [0.25, 0.3) is 5.69 Å². The van der Waals surface area contributed by atoms with Gasteiger partial charge in [-0.3, -0.25) is 0 Å². The summed E-state index contributed by atoms with van der Waals surface area (Å²) in [5, 5.41) is 14.4. The molecule has 0 amide bonds. The third kappa shape index (κ3) is 2.70. The second kappa shape index (κ2) is 6.54. The Morgan fingerprint density at radius 3 is 2.67 bits per heavy atom. The molecule has 0 saturated carbocycles. The van der Waals surface area contributed by atoms with Crippen LogP contribution in [0.2, 0.25) is 0 Å². The summed E-state index contributed by atoms with van der Waals surface area (Å²) in [5.74, 6) is 0.966. The smallest absolute Gasteiger partial charge is 0.229 e. The Labute approximate surface area is 157 Å². The van der Waals surface area contributed by atoms with E-state index in [1.165, 1.54) is 0 Å². The Hall–Kier alpha value is -3.72. The summed E-state index contributed by atoms with van der Waals surface area (Å²) in [6.07, 6.45) is 0. The molecule has 0 aliphatic carbocycles. The number of benzene rings is 2. The molecule has 1 aliphatic rings. The molecular weight excluding hydrogens is 340 g/mol. The SMILES string of the molecule is COc1cccc([C@@H]2C(C#N)=C(N)Oc3c2c(C)nn3-c2ccccc2)c1. The fourth-order valence-corrected chi connectivity index (χ4v) is 3.41. The van der Waals surface area contributed by atoms with Crippen molar-refractivity contribution < 1.29 is 9.47 Å². The van der Waals surface area contributed by atoms with Crippen molar-refractivity contribution in [2.75, 3.05) is 7.11 Å². The van der Waals surface area contributed by atoms with E-state index in [0.717, 1.165) is 22.5 Å². The van der Waals surface area contributed by atoms with Crippen LogP contribution in [0.5, 0.6) is 11.6 Å². The number of fused-ring (bicyclic) bond motifs is 1. The monoisotopic (exact) mass is 358 g/mol. The summed E-state index contributed by atoms with van der Waals surface area (Å²) >= 11 is 0. The highest BCUT2D eigenvalue weighted by molar-refractivity contribution is 5.57. The molecule has 134 valence electrons. The minimum absolute atomic E-state index is 0.0925. The van der Waals surface area contributed by atoms with E-state index in [9.17, 15) is 5.26 Å². The van der Waals surface area contributed by atoms with Crippen LogP contribution in [-0.2, 0) is 0 Å². The van der Waals surface area contributed by atoms with E-state index in [-0.39, 0.29) is 11.8 Å². The van der Waals surface area contributed by atoms with E-state index in [0.29, 0.717) is 17.2 Å². The van der Waals surface area contributed by atoms with Gasteiger partial charge in [-0.2, -0.15) is 10.4 Å². The first kappa shape index (κ1) is 16.7. The molecule has 0 unspecified atom stereocenters. The van der Waals surface area contributed by atoms with Crippen LogP contribution in [0, 0.1) is 18.3 Å². The van der Waals surface area contributed by atoms with Gasteiger partial charge >= 0.3 is 0 Å². The number of aryl methyl sites for hydroxylation is 1. The normalized spacial score (nSPS) is 15.7. The second-order valence-corrected chi connectivity index (χ2v) is 6.25. The number of allylic oxidation sites excluding steroid dienone is 1. The molecule has 2 N–H and O–H groups in total. The van der Waals surface area contributed by atoms with Crippen molar-refractivity contribution in [1.82, 2.24) is 9.78 Å². The Kier molecular flexibility index (Phi) is 4.05. The van der Waals surface area contributed by atoms with Gasteiger partial charge in [0.1, 0.15) is 17.4 Å². The molecule has 2 aromatic carbocycles. The van der Waals surface area contributed by atoms with Crippen molar-refractivity contribution in [2.24, 2.45) is 5.73 Å². The molecule has 6 heteroatoms. The lowest BCUT2D eigenvalue weighted by atomic mass is 9.84. The van der Waals surface area contributed by atoms with Crippen molar-refractivity contribution in [3.63, 3.8) is 0 Å². The number of hydrogen-bond acceptors (Lipinski definition) is 5. The minimum atomic E-state index is -0.369. The van der Waals surface area contributed by atoms with Crippen molar-refractivity contribution >= 4 is 0 Å². The zero-order valence-corrected chi connectivity index (χ0v) is 15.0. The number of aromatic nitrogens is 2. The number of methoxy groups -OCH3 is 1. The highest BCUT2D eigenvalue weighted by Crippen LogP contribution is 2.45. The molecule has 4 rings (SSSR count). The number of nitrogens with two attached hydrogens (primary N) is 1. The second-order valence-electron chi connectivity index (χ2n) is 6.25. The first-order chi connectivity index (χ1) is 13.1. The number of nitriles is 1. The van der Waals surface area contributed by atoms with Gasteiger partial charge in [0.15, 0.2) is 0 Å². The van der Waals surface area contributed by atoms with Crippen molar-refractivity contribution in [2.45, 2.75) is 12.8 Å². The molecule has 3 aromatic rings. The minimum Gasteiger partial charge on any atom is -0.497 e. The fourth-order valence-electron chi connectivity index (χ4n) is 3.41. The van der Waals surface area contributed by atoms with Gasteiger partial charge in [-0.05, 0) is 36.8 Å². The van der Waals surface area contributed by atoms with Crippen LogP contribution in [0.1, 0.15) is 22.7 Å². The highest BCUT2D eigenvalue weighted by atomic mass is 16.5. The fraction of sp³-hybridized carbons (Fsp3) is 0.143. The van der Waals surface area contributed by atoms with Gasteiger partial charge in [0, 0.05) is 0 Å². The van der Waals surface area contributed by atoms with Crippen LogP contribution in [0.3, 0.4) is 0 Å². The topological polar surface area (TPSA) is 86.1 Å². The molecule has 1 aromatic heterocycles. The van der Waals surface area contributed by atoms with Gasteiger partial charge in [-0.25, -0.2) is 4.68 Å². The van der Waals surface area contributed by atoms with Gasteiger partial charge in [-0.1, -0.05) is 30.3 Å². The van der Waals surface area contributed by atoms with Gasteiger partial charge in [-0.15, -0.1) is 0 Å². The van der Waals surface area contributed by atoms with Crippen molar-refractivity contribution in [1.29, 1.82) is 5.26 Å². The average Bonchev–Trinajstić information content (AvgIpc) is 3.03. The molecule has 0 spiro atoms. The maximum absolute atomic E-state index is 9.73. The number of hydrogen-bond donors (Lipinski definition) is 1. The lowest BCUT2D eigenvalue weighted by Crippen LogP contribution is -2.22. The lowest BCUT2D eigenvalue weighted by molar-refractivity contribution is 0.366. The molecule has 1 atom stereocenters. The zero-order valence-electron chi connectivity index (χ0n) is 15.0. The molecule has 27 heavy (non-hydrogen) atoms. The van der Waals surface area contributed by atoms with E-state index < -0.39 is 0 Å². The number of para-hydroxylation sites is 1. The van der Waals surface area contributed by atoms with Gasteiger partial charge in [0.05, 0.1) is 30.0 Å². The van der Waals surface area contributed by atoms with Crippen molar-refractivity contribution in [3.05, 3.63) is 82.9 Å². The van der Waals surface area contributed by atoms with E-state index >= 15 is 0 Å². The van der Waals surface area contributed by atoms with Crippen LogP contribution < -0.4 is 15.2 Å². The highest BCUT2D eigenvalue weighted by Gasteiger charge is 2.36. The summed E-state index contributed by atoms with van der Waals surface area (Å²) in [6, 6.07) is 19.5. The van der Waals surface area contributed by atoms with Crippen LogP contribution in [-0.4, -0.2) is 16.9 Å². The largest absolute Gasteiger partial charge is 0.497 e. The van der Waals surface area contributed by atoms with Crippen LogP contribution >= 0.6 is 0 Å². The van der Waals surface area contributed by atoms with Crippen LogP contribution in [0.4, 0.5) is 0 Å². The van der Waals surface area contributed by atoms with Gasteiger partial charge < -0.3 is 15.2 Å². The third-order valence-corrected chi connectivity index (χ3v) is 4.66. The Bertz CT molecular complexity index is 1080. The zero-order chi connectivity index (χ0) is 19.0. The van der Waals surface area contributed by atoms with Crippen molar-refractivity contribution in [3.8, 4) is 23.4 Å². The van der Waals surface area contributed by atoms with E-state index in [4.69, 9.17) is 15.2 Å². The summed E-state index contributed by atoms with van der Waals surface area (Å²) in [5.41, 5.74) is 9.86. The molecule has 6 nitrogen and oxygen atoms in total. The number of ether oxygens (including phenoxy) is 2. The van der Waals surface area contributed by atoms with E-state index in [1.807, 2.05) is 61.5 Å². The molecule has 0 saturated heterocycles. The summed E-state index contributed by atoms with van der Waals surface area (Å²) in [7, 11) is 1.61. The molecule has 1 aliphatic heterocycles.